The molecule has 2 amide bonds. The predicted octanol–water partition coefficient (Wildman–Crippen LogP) is 1.16. The van der Waals surface area contributed by atoms with E-state index in [1.165, 1.54) is 6.92 Å². The number of anilines is 1. The van der Waals surface area contributed by atoms with Crippen LogP contribution in [0, 0.1) is 0 Å². The lowest BCUT2D eigenvalue weighted by Gasteiger charge is -2.34. The van der Waals surface area contributed by atoms with E-state index in [0.717, 1.165) is 0 Å². The molecule has 8 nitrogen and oxygen atoms in total. The zero-order chi connectivity index (χ0) is 18.9. The molecule has 0 bridgehead atoms. The molecule has 0 radical (unpaired) electrons. The number of nitrogens with zero attached hydrogens (tertiary/aromatic N) is 2. The van der Waals surface area contributed by atoms with Crippen molar-refractivity contribution in [1.29, 1.82) is 0 Å². The van der Waals surface area contributed by atoms with Gasteiger partial charge in [0.1, 0.15) is 18.5 Å². The summed E-state index contributed by atoms with van der Waals surface area (Å²) in [5.74, 6) is 0.502. The third-order valence-corrected chi connectivity index (χ3v) is 3.98. The molecular weight excluding hydrogens is 338 g/mol. The summed E-state index contributed by atoms with van der Waals surface area (Å²) in [5, 5.41) is 12.8. The summed E-state index contributed by atoms with van der Waals surface area (Å²) in [6, 6.07) is 6.99. The molecule has 1 aromatic carbocycles. The molecule has 2 N–H and O–H groups in total. The third-order valence-electron chi connectivity index (χ3n) is 3.98. The van der Waals surface area contributed by atoms with E-state index < -0.39 is 6.10 Å². The van der Waals surface area contributed by atoms with Crippen LogP contribution in [0.15, 0.2) is 24.3 Å². The molecule has 0 aliphatic carbocycles. The van der Waals surface area contributed by atoms with E-state index in [-0.39, 0.29) is 18.6 Å². The number of nitrogens with one attached hydrogen (secondary N) is 1. The number of hydrogen-bond acceptors (Lipinski definition) is 6. The van der Waals surface area contributed by atoms with Gasteiger partial charge in [0.2, 0.25) is 5.91 Å². The molecule has 26 heavy (non-hydrogen) atoms. The van der Waals surface area contributed by atoms with Crippen molar-refractivity contribution in [1.82, 2.24) is 9.80 Å². The Kier molecular flexibility index (Phi) is 7.68. The standard InChI is InChI=1S/C18H27N3O5/c1-3-25-18(24)21-10-8-20(9-11-21)12-16(23)13-26-17-6-4-15(5-7-17)19-14(2)22/h4-7,16,23H,3,8-13H2,1-2H3,(H,19,22)/t16-/m1/s1. The van der Waals surface area contributed by atoms with Gasteiger partial charge in [0.25, 0.3) is 0 Å². The number of amides is 2. The van der Waals surface area contributed by atoms with Crippen molar-refractivity contribution in [3.8, 4) is 5.75 Å². The van der Waals surface area contributed by atoms with Crippen molar-refractivity contribution in [3.63, 3.8) is 0 Å². The number of benzene rings is 1. The topological polar surface area (TPSA) is 91.3 Å². The van der Waals surface area contributed by atoms with Gasteiger partial charge in [-0.25, -0.2) is 4.79 Å². The molecule has 1 aromatic rings. The van der Waals surface area contributed by atoms with Gasteiger partial charge in [-0.05, 0) is 31.2 Å². The van der Waals surface area contributed by atoms with E-state index in [0.29, 0.717) is 50.8 Å². The molecule has 1 fully saturated rings. The second-order valence-corrected chi connectivity index (χ2v) is 6.16. The Bertz CT molecular complexity index is 585. The minimum Gasteiger partial charge on any atom is -0.491 e. The molecule has 1 aliphatic heterocycles. The zero-order valence-corrected chi connectivity index (χ0v) is 15.3. The fourth-order valence-electron chi connectivity index (χ4n) is 2.71. The van der Waals surface area contributed by atoms with Crippen molar-refractivity contribution in [2.45, 2.75) is 20.0 Å². The van der Waals surface area contributed by atoms with Gasteiger partial charge in [-0.3, -0.25) is 9.69 Å². The van der Waals surface area contributed by atoms with Crippen LogP contribution in [0.25, 0.3) is 0 Å². The van der Waals surface area contributed by atoms with Gasteiger partial charge in [-0.15, -0.1) is 0 Å². The number of piperazine rings is 1. The van der Waals surface area contributed by atoms with Gasteiger partial charge in [-0.2, -0.15) is 0 Å². The molecule has 0 aromatic heterocycles. The largest absolute Gasteiger partial charge is 0.491 e. The van der Waals surface area contributed by atoms with E-state index in [1.807, 2.05) is 0 Å². The Morgan fingerprint density at radius 1 is 1.19 bits per heavy atom. The molecular formula is C18H27N3O5. The fourth-order valence-corrected chi connectivity index (χ4v) is 2.71. The molecule has 1 saturated heterocycles. The lowest BCUT2D eigenvalue weighted by Crippen LogP contribution is -2.51. The minimum absolute atomic E-state index is 0.128. The molecule has 2 rings (SSSR count). The highest BCUT2D eigenvalue weighted by Gasteiger charge is 2.23. The number of carbonyl (C=O) groups is 2. The summed E-state index contributed by atoms with van der Waals surface area (Å²) >= 11 is 0. The molecule has 1 atom stereocenters. The van der Waals surface area contributed by atoms with Crippen LogP contribution in [0.2, 0.25) is 0 Å². The number of rotatable bonds is 7. The van der Waals surface area contributed by atoms with Crippen molar-refractivity contribution in [3.05, 3.63) is 24.3 Å². The normalized spacial score (nSPS) is 16.0. The summed E-state index contributed by atoms with van der Waals surface area (Å²) in [4.78, 5) is 26.4. The van der Waals surface area contributed by atoms with Crippen molar-refractivity contribution < 1.29 is 24.2 Å². The zero-order valence-electron chi connectivity index (χ0n) is 15.3. The number of carbonyl (C=O) groups excluding carboxylic acids is 2. The van der Waals surface area contributed by atoms with Gasteiger partial charge in [0, 0.05) is 45.3 Å². The summed E-state index contributed by atoms with van der Waals surface area (Å²) in [7, 11) is 0. The van der Waals surface area contributed by atoms with Crippen molar-refractivity contribution in [2.24, 2.45) is 0 Å². The lowest BCUT2D eigenvalue weighted by molar-refractivity contribution is -0.114. The van der Waals surface area contributed by atoms with E-state index in [9.17, 15) is 14.7 Å². The monoisotopic (exact) mass is 365 g/mol. The van der Waals surface area contributed by atoms with Gasteiger partial charge in [0.05, 0.1) is 6.61 Å². The van der Waals surface area contributed by atoms with E-state index in [2.05, 4.69) is 10.2 Å². The SMILES string of the molecule is CCOC(=O)N1CCN(C[C@@H](O)COc2ccc(NC(C)=O)cc2)CC1. The van der Waals surface area contributed by atoms with Crippen molar-refractivity contribution in [2.75, 3.05) is 51.3 Å². The highest BCUT2D eigenvalue weighted by Crippen LogP contribution is 2.16. The Morgan fingerprint density at radius 3 is 2.42 bits per heavy atom. The van der Waals surface area contributed by atoms with E-state index in [1.54, 1.807) is 36.1 Å². The summed E-state index contributed by atoms with van der Waals surface area (Å²) in [6.07, 6.45) is -0.905. The minimum atomic E-state index is -0.626. The Balaban J connectivity index is 1.68. The Labute approximate surface area is 153 Å². The number of aliphatic hydroxyl groups excluding tert-OH is 1. The average molecular weight is 365 g/mol. The van der Waals surface area contributed by atoms with Gasteiger partial charge >= 0.3 is 6.09 Å². The molecule has 144 valence electrons. The number of ether oxygens (including phenoxy) is 2. The first-order chi connectivity index (χ1) is 12.5. The second-order valence-electron chi connectivity index (χ2n) is 6.16. The maximum atomic E-state index is 11.7. The van der Waals surface area contributed by atoms with Gasteiger partial charge < -0.3 is 24.8 Å². The maximum absolute atomic E-state index is 11.7. The second kappa shape index (κ2) is 9.98. The van der Waals surface area contributed by atoms with Crippen LogP contribution in [0.5, 0.6) is 5.75 Å². The quantitative estimate of drug-likeness (QED) is 0.753. The fraction of sp³-hybridized carbons (Fsp3) is 0.556. The van der Waals surface area contributed by atoms with Gasteiger partial charge in [0.15, 0.2) is 0 Å². The number of aliphatic hydroxyl groups is 1. The smallest absolute Gasteiger partial charge is 0.409 e. The first-order valence-corrected chi connectivity index (χ1v) is 8.80. The Hall–Kier alpha value is -2.32. The van der Waals surface area contributed by atoms with Crippen LogP contribution in [-0.2, 0) is 9.53 Å². The highest BCUT2D eigenvalue weighted by atomic mass is 16.6. The van der Waals surface area contributed by atoms with Crippen LogP contribution >= 0.6 is 0 Å². The van der Waals surface area contributed by atoms with E-state index in [4.69, 9.17) is 9.47 Å². The summed E-state index contributed by atoms with van der Waals surface area (Å²) < 4.78 is 10.6. The number of hydrogen-bond donors (Lipinski definition) is 2. The summed E-state index contributed by atoms with van der Waals surface area (Å²) in [6.45, 7) is 6.86. The van der Waals surface area contributed by atoms with Crippen LogP contribution in [0.1, 0.15) is 13.8 Å². The van der Waals surface area contributed by atoms with Crippen molar-refractivity contribution >= 4 is 17.7 Å². The Morgan fingerprint density at radius 2 is 1.85 bits per heavy atom. The molecule has 0 spiro atoms. The third kappa shape index (κ3) is 6.53. The van der Waals surface area contributed by atoms with E-state index >= 15 is 0 Å². The predicted molar refractivity (Wildman–Crippen MR) is 97.3 cm³/mol. The molecule has 0 unspecified atom stereocenters. The molecule has 8 heteroatoms. The number of β-amino-alcohol motifs (C(OH)–C–C–N with tert-alkyl or cyclic N) is 1. The first kappa shape index (κ1) is 20.0. The highest BCUT2D eigenvalue weighted by molar-refractivity contribution is 5.88. The average Bonchev–Trinajstić information content (AvgIpc) is 2.61. The van der Waals surface area contributed by atoms with Crippen LogP contribution in [-0.4, -0.2) is 78.9 Å². The van der Waals surface area contributed by atoms with Gasteiger partial charge in [-0.1, -0.05) is 0 Å². The molecule has 1 aliphatic rings. The molecule has 1 heterocycles. The van der Waals surface area contributed by atoms with Crippen LogP contribution in [0.3, 0.4) is 0 Å². The molecule has 0 saturated carbocycles. The van der Waals surface area contributed by atoms with Crippen LogP contribution in [0.4, 0.5) is 10.5 Å². The van der Waals surface area contributed by atoms with Crippen LogP contribution < -0.4 is 10.1 Å². The first-order valence-electron chi connectivity index (χ1n) is 8.80. The maximum Gasteiger partial charge on any atom is 0.409 e. The summed E-state index contributed by atoms with van der Waals surface area (Å²) in [5.41, 5.74) is 0.699. The lowest BCUT2D eigenvalue weighted by atomic mass is 10.2.